The first-order valence-electron chi connectivity index (χ1n) is 7.89. The summed E-state index contributed by atoms with van der Waals surface area (Å²) < 4.78 is 5.48. The Morgan fingerprint density at radius 3 is 2.52 bits per heavy atom. The van der Waals surface area contributed by atoms with E-state index in [-0.39, 0.29) is 22.1 Å². The first-order valence-corrected chi connectivity index (χ1v) is 9.11. The van der Waals surface area contributed by atoms with Crippen molar-refractivity contribution in [2.45, 2.75) is 18.9 Å². The summed E-state index contributed by atoms with van der Waals surface area (Å²) in [6.45, 7) is 3.95. The Morgan fingerprint density at radius 2 is 1.96 bits per heavy atom. The number of thiocarbonyl (C=S) groups is 1. The Hall–Kier alpha value is -2.65. The molecule has 1 atom stereocenters. The van der Waals surface area contributed by atoms with Crippen molar-refractivity contribution in [3.05, 3.63) is 47.4 Å². The molecule has 1 aromatic carbocycles. The first kappa shape index (κ1) is 20.7. The predicted molar refractivity (Wildman–Crippen MR) is 105 cm³/mol. The SMILES string of the molecule is C=CCOc1ccc(/C=C2/SC(=S)N([C@H](CCC(=O)O)C(=O)O)C2=O)cc1. The lowest BCUT2D eigenvalue weighted by Gasteiger charge is -2.22. The van der Waals surface area contributed by atoms with Gasteiger partial charge in [-0.25, -0.2) is 4.79 Å². The molecule has 1 aliphatic heterocycles. The lowest BCUT2D eigenvalue weighted by Crippen LogP contribution is -2.44. The maximum atomic E-state index is 12.6. The van der Waals surface area contributed by atoms with Gasteiger partial charge < -0.3 is 14.9 Å². The fourth-order valence-corrected chi connectivity index (χ4v) is 3.70. The van der Waals surface area contributed by atoms with E-state index in [0.717, 1.165) is 22.2 Å². The minimum absolute atomic E-state index is 0.0926. The second-order valence-electron chi connectivity index (χ2n) is 5.51. The summed E-state index contributed by atoms with van der Waals surface area (Å²) >= 11 is 6.13. The standard InChI is InChI=1S/C18H17NO6S2/c1-2-9-25-12-5-3-11(4-6-12)10-14-16(22)19(18(26)27-14)13(17(23)24)7-8-15(20)21/h2-6,10,13H,1,7-9H2,(H,20,21)(H,23,24)/b14-10+/t13-/m1/s1. The number of thioether (sulfide) groups is 1. The fourth-order valence-electron chi connectivity index (χ4n) is 2.34. The van der Waals surface area contributed by atoms with E-state index in [2.05, 4.69) is 6.58 Å². The highest BCUT2D eigenvalue weighted by Crippen LogP contribution is 2.35. The molecule has 0 unspecified atom stereocenters. The van der Waals surface area contributed by atoms with E-state index in [1.807, 2.05) is 0 Å². The van der Waals surface area contributed by atoms with Crippen LogP contribution < -0.4 is 4.74 Å². The number of ether oxygens (including phenoxy) is 1. The van der Waals surface area contributed by atoms with Gasteiger partial charge in [-0.2, -0.15) is 0 Å². The van der Waals surface area contributed by atoms with Crippen molar-refractivity contribution in [3.63, 3.8) is 0 Å². The Kier molecular flexibility index (Phi) is 7.14. The number of amides is 1. The Morgan fingerprint density at radius 1 is 1.30 bits per heavy atom. The second kappa shape index (κ2) is 9.33. The smallest absolute Gasteiger partial charge is 0.326 e. The minimum Gasteiger partial charge on any atom is -0.490 e. The Labute approximate surface area is 165 Å². The summed E-state index contributed by atoms with van der Waals surface area (Å²) in [6.07, 6.45) is 2.63. The van der Waals surface area contributed by atoms with Gasteiger partial charge in [-0.3, -0.25) is 14.5 Å². The van der Waals surface area contributed by atoms with Gasteiger partial charge >= 0.3 is 11.9 Å². The van der Waals surface area contributed by atoms with Crippen molar-refractivity contribution < 1.29 is 29.3 Å². The number of carbonyl (C=O) groups is 3. The maximum absolute atomic E-state index is 12.6. The van der Waals surface area contributed by atoms with Crippen LogP contribution in [0.15, 0.2) is 41.8 Å². The number of rotatable bonds is 9. The number of carbonyl (C=O) groups excluding carboxylic acids is 1. The van der Waals surface area contributed by atoms with Crippen LogP contribution in [0, 0.1) is 0 Å². The maximum Gasteiger partial charge on any atom is 0.326 e. The van der Waals surface area contributed by atoms with Gasteiger partial charge in [0.25, 0.3) is 5.91 Å². The molecule has 7 nitrogen and oxygen atoms in total. The van der Waals surface area contributed by atoms with Crippen molar-refractivity contribution in [2.24, 2.45) is 0 Å². The zero-order valence-corrected chi connectivity index (χ0v) is 15.8. The molecule has 0 aliphatic carbocycles. The quantitative estimate of drug-likeness (QED) is 0.366. The van der Waals surface area contributed by atoms with Gasteiger partial charge in [-0.1, -0.05) is 48.8 Å². The van der Waals surface area contributed by atoms with E-state index < -0.39 is 23.9 Å². The van der Waals surface area contributed by atoms with E-state index in [0.29, 0.717) is 12.4 Å². The second-order valence-corrected chi connectivity index (χ2v) is 7.18. The number of aliphatic carboxylic acids is 2. The summed E-state index contributed by atoms with van der Waals surface area (Å²) in [5.74, 6) is -2.33. The van der Waals surface area contributed by atoms with E-state index in [1.165, 1.54) is 0 Å². The molecule has 0 aromatic heterocycles. The van der Waals surface area contributed by atoms with Crippen LogP contribution in [0.25, 0.3) is 6.08 Å². The summed E-state index contributed by atoms with van der Waals surface area (Å²) in [5, 5.41) is 18.1. The topological polar surface area (TPSA) is 104 Å². The molecule has 1 heterocycles. The van der Waals surface area contributed by atoms with Crippen LogP contribution >= 0.6 is 24.0 Å². The monoisotopic (exact) mass is 407 g/mol. The predicted octanol–water partition coefficient (Wildman–Crippen LogP) is 2.77. The molecule has 142 valence electrons. The highest BCUT2D eigenvalue weighted by Gasteiger charge is 2.40. The van der Waals surface area contributed by atoms with E-state index in [9.17, 15) is 19.5 Å². The molecule has 0 radical (unpaired) electrons. The van der Waals surface area contributed by atoms with Crippen LogP contribution in [0.5, 0.6) is 5.75 Å². The number of carboxylic acid groups (broad SMARTS) is 2. The molecule has 1 aromatic rings. The van der Waals surface area contributed by atoms with E-state index in [1.54, 1.807) is 36.4 Å². The first-order chi connectivity index (χ1) is 12.8. The minimum atomic E-state index is -1.31. The van der Waals surface area contributed by atoms with Gasteiger partial charge in [-0.05, 0) is 30.2 Å². The molecule has 9 heteroatoms. The molecular formula is C18H17NO6S2. The van der Waals surface area contributed by atoms with Crippen molar-refractivity contribution in [1.29, 1.82) is 0 Å². The number of carboxylic acids is 2. The van der Waals surface area contributed by atoms with Crippen LogP contribution in [-0.4, -0.2) is 49.9 Å². The molecule has 1 aliphatic rings. The molecule has 0 bridgehead atoms. The Balaban J connectivity index is 2.18. The molecule has 0 spiro atoms. The Bertz CT molecular complexity index is 803. The molecule has 1 fully saturated rings. The van der Waals surface area contributed by atoms with Gasteiger partial charge in [0.05, 0.1) is 4.91 Å². The van der Waals surface area contributed by atoms with Crippen molar-refractivity contribution in [1.82, 2.24) is 4.90 Å². The van der Waals surface area contributed by atoms with Crippen LogP contribution in [0.4, 0.5) is 0 Å². The summed E-state index contributed by atoms with van der Waals surface area (Å²) in [6, 6.07) is 5.68. The molecule has 0 saturated carbocycles. The molecular weight excluding hydrogens is 390 g/mol. The largest absolute Gasteiger partial charge is 0.490 e. The summed E-state index contributed by atoms with van der Waals surface area (Å²) in [7, 11) is 0. The molecule has 1 saturated heterocycles. The van der Waals surface area contributed by atoms with Crippen LogP contribution in [0.1, 0.15) is 18.4 Å². The summed E-state index contributed by atoms with van der Waals surface area (Å²) in [4.78, 5) is 36.1. The van der Waals surface area contributed by atoms with Gasteiger partial charge in [0.1, 0.15) is 22.7 Å². The lowest BCUT2D eigenvalue weighted by molar-refractivity contribution is -0.146. The third-order valence-electron chi connectivity index (χ3n) is 3.60. The van der Waals surface area contributed by atoms with Gasteiger partial charge in [0.15, 0.2) is 0 Å². The highest BCUT2D eigenvalue weighted by molar-refractivity contribution is 8.26. The molecule has 2 rings (SSSR count). The molecule has 27 heavy (non-hydrogen) atoms. The fraction of sp³-hybridized carbons (Fsp3) is 0.222. The average Bonchev–Trinajstić information content (AvgIpc) is 2.88. The summed E-state index contributed by atoms with van der Waals surface area (Å²) in [5.41, 5.74) is 0.721. The lowest BCUT2D eigenvalue weighted by atomic mass is 10.1. The average molecular weight is 407 g/mol. The van der Waals surface area contributed by atoms with Crippen LogP contribution in [0.2, 0.25) is 0 Å². The van der Waals surface area contributed by atoms with Crippen LogP contribution in [-0.2, 0) is 14.4 Å². The zero-order chi connectivity index (χ0) is 20.0. The van der Waals surface area contributed by atoms with Gasteiger partial charge in [-0.15, -0.1) is 0 Å². The third-order valence-corrected chi connectivity index (χ3v) is 4.93. The highest BCUT2D eigenvalue weighted by atomic mass is 32.2. The van der Waals surface area contributed by atoms with Crippen molar-refractivity contribution >= 4 is 52.2 Å². The van der Waals surface area contributed by atoms with Crippen molar-refractivity contribution in [3.8, 4) is 5.75 Å². The molecule has 2 N–H and O–H groups in total. The number of nitrogens with zero attached hydrogens (tertiary/aromatic N) is 1. The van der Waals surface area contributed by atoms with Gasteiger partial charge in [0, 0.05) is 6.42 Å². The number of hydrogen-bond acceptors (Lipinski definition) is 6. The normalized spacial score (nSPS) is 16.4. The zero-order valence-electron chi connectivity index (χ0n) is 14.2. The van der Waals surface area contributed by atoms with E-state index >= 15 is 0 Å². The van der Waals surface area contributed by atoms with Crippen molar-refractivity contribution in [2.75, 3.05) is 6.61 Å². The number of benzene rings is 1. The van der Waals surface area contributed by atoms with Gasteiger partial charge in [0.2, 0.25) is 0 Å². The third kappa shape index (κ3) is 5.41. The van der Waals surface area contributed by atoms with E-state index in [4.69, 9.17) is 22.1 Å². The molecule has 1 amide bonds. The number of hydrogen-bond donors (Lipinski definition) is 2. The van der Waals surface area contributed by atoms with Crippen LogP contribution in [0.3, 0.4) is 0 Å².